The number of sulfonamides is 1. The minimum Gasteiger partial charge on any atom is -0.495 e. The summed E-state index contributed by atoms with van der Waals surface area (Å²) < 4.78 is 96.0. The first kappa shape index (κ1) is 38.1. The normalized spacial score (nSPS) is 17.6. The van der Waals surface area contributed by atoms with E-state index >= 15 is 4.39 Å². The third kappa shape index (κ3) is 10.7. The molecule has 1 aliphatic rings. The fourth-order valence-corrected chi connectivity index (χ4v) is 5.98. The minimum absolute atomic E-state index is 0.0105. The van der Waals surface area contributed by atoms with Crippen LogP contribution in [-0.2, 0) is 35.6 Å². The summed E-state index contributed by atoms with van der Waals surface area (Å²) in [7, 11) is -2.63. The molecule has 1 unspecified atom stereocenters. The number of halogens is 4. The number of benzene rings is 2. The van der Waals surface area contributed by atoms with Gasteiger partial charge in [-0.15, -0.1) is 0 Å². The number of methoxy groups -OCH3 is 1. The molecule has 3 atom stereocenters. The number of nitrogens with one attached hydrogen (secondary N) is 1. The van der Waals surface area contributed by atoms with E-state index in [0.717, 1.165) is 4.57 Å². The number of nitrogens with zero attached hydrogens (tertiary/aromatic N) is 3. The Kier molecular flexibility index (Phi) is 12.5. The monoisotopic (exact) mass is 723 g/mol. The van der Waals surface area contributed by atoms with E-state index in [2.05, 4.69) is 22.2 Å². The average molecular weight is 724 g/mol. The predicted molar refractivity (Wildman–Crippen MR) is 178 cm³/mol. The van der Waals surface area contributed by atoms with Crippen LogP contribution in [0.3, 0.4) is 0 Å². The molecule has 0 spiro atoms. The highest BCUT2D eigenvalue weighted by Gasteiger charge is 2.31. The van der Waals surface area contributed by atoms with E-state index in [4.69, 9.17) is 19.3 Å². The first-order valence-corrected chi connectivity index (χ1v) is 16.9. The van der Waals surface area contributed by atoms with Gasteiger partial charge in [-0.2, -0.15) is 13.2 Å². The Balaban J connectivity index is 1.50. The van der Waals surface area contributed by atoms with Crippen molar-refractivity contribution in [1.82, 2.24) is 9.47 Å². The summed E-state index contributed by atoms with van der Waals surface area (Å²) in [6, 6.07) is 10.1. The Morgan fingerprint density at radius 3 is 2.58 bits per heavy atom. The molecule has 12 nitrogen and oxygen atoms in total. The predicted octanol–water partition coefficient (Wildman–Crippen LogP) is 4.18. The lowest BCUT2D eigenvalue weighted by atomic mass is 9.96. The zero-order chi connectivity index (χ0) is 36.6. The molecule has 0 radical (unpaired) electrons. The molecular weight excluding hydrogens is 686 g/mol. The number of piperidine rings is 1. The van der Waals surface area contributed by atoms with Crippen molar-refractivity contribution in [1.29, 1.82) is 0 Å². The Morgan fingerprint density at radius 2 is 1.94 bits per heavy atom. The molecule has 0 saturated carbocycles. The summed E-state index contributed by atoms with van der Waals surface area (Å²) in [5.41, 5.74) is 1.05. The van der Waals surface area contributed by atoms with Crippen LogP contribution in [0.15, 0.2) is 52.4 Å². The van der Waals surface area contributed by atoms with E-state index < -0.39 is 52.9 Å². The van der Waals surface area contributed by atoms with Crippen molar-refractivity contribution in [3.05, 3.63) is 48.2 Å². The summed E-state index contributed by atoms with van der Waals surface area (Å²) in [5.74, 6) is 4.07. The maximum absolute atomic E-state index is 15.3. The van der Waals surface area contributed by atoms with Crippen LogP contribution >= 0.6 is 0 Å². The molecule has 2 aromatic carbocycles. The lowest BCUT2D eigenvalue weighted by Crippen LogP contribution is -2.47. The van der Waals surface area contributed by atoms with Gasteiger partial charge in [0.15, 0.2) is 0 Å². The van der Waals surface area contributed by atoms with Crippen LogP contribution in [0.1, 0.15) is 26.0 Å². The molecule has 50 heavy (non-hydrogen) atoms. The van der Waals surface area contributed by atoms with Crippen molar-refractivity contribution in [2.24, 2.45) is 16.0 Å². The van der Waals surface area contributed by atoms with E-state index in [1.165, 1.54) is 57.5 Å². The molecule has 1 saturated heterocycles. The van der Waals surface area contributed by atoms with Gasteiger partial charge in [0.2, 0.25) is 10.0 Å². The molecular formula is C33H37F4N5O7S. The van der Waals surface area contributed by atoms with Crippen LogP contribution in [0.5, 0.6) is 5.75 Å². The second kappa shape index (κ2) is 16.4. The number of carbonyl (C=O) groups excluding carboxylic acids is 2. The fourth-order valence-electron chi connectivity index (χ4n) is 5.46. The van der Waals surface area contributed by atoms with Crippen LogP contribution < -0.4 is 15.2 Å². The van der Waals surface area contributed by atoms with Crippen molar-refractivity contribution in [2.45, 2.75) is 50.2 Å². The molecule has 4 rings (SSSR count). The fraction of sp³-hybridized carbons (Fsp3) is 0.424. The van der Waals surface area contributed by atoms with Gasteiger partial charge in [-0.05, 0) is 49.2 Å². The molecule has 0 amide bonds. The number of hydrogen-bond donors (Lipinski definition) is 2. The minimum atomic E-state index is -4.56. The zero-order valence-electron chi connectivity index (χ0n) is 27.5. The molecule has 0 bridgehead atoms. The largest absolute Gasteiger partial charge is 0.495 e. The number of aromatic nitrogens is 1. The lowest BCUT2D eigenvalue weighted by Gasteiger charge is -2.34. The van der Waals surface area contributed by atoms with Gasteiger partial charge in [-0.25, -0.2) is 17.9 Å². The number of rotatable bonds is 12. The number of likely N-dealkylation sites (tertiary alicyclic amines) is 1. The molecule has 3 N–H and O–H groups in total. The third-order valence-corrected chi connectivity index (χ3v) is 8.60. The quantitative estimate of drug-likeness (QED) is 0.121. The van der Waals surface area contributed by atoms with E-state index in [9.17, 15) is 31.2 Å². The van der Waals surface area contributed by atoms with Gasteiger partial charge in [0.1, 0.15) is 31.2 Å². The van der Waals surface area contributed by atoms with E-state index in [0.29, 0.717) is 29.7 Å². The Morgan fingerprint density at radius 1 is 1.18 bits per heavy atom. The molecule has 1 aromatic heterocycles. The molecule has 3 aromatic rings. The standard InChI is InChI=1S/C33H37F4N5O7S/c1-21(43)48-19-25(49-22(2)44)17-41-13-11-23(28(34)18-41)16-40-29-7-4-8-31-27(29)14-24(42(31)20-33(35,36)37)6-5-12-39-30-10-9-26(50(38,45)46)15-32(30)47-3/h4,7-10,14-16,23,25,28,39H,11-13,17-20H2,1-3H3,(H2,38,45,46)/b40-16-/t23?,25-,28+/m1/s1. The van der Waals surface area contributed by atoms with Crippen LogP contribution in [-0.4, -0.2) is 94.4 Å². The summed E-state index contributed by atoms with van der Waals surface area (Å²) in [6.45, 7) is 1.60. The number of fused-ring (bicyclic) bond motifs is 1. The first-order chi connectivity index (χ1) is 23.5. The Bertz CT molecular complexity index is 1900. The number of aliphatic imine (C=N–C) groups is 1. The van der Waals surface area contributed by atoms with Crippen LogP contribution in [0.4, 0.5) is 28.9 Å². The summed E-state index contributed by atoms with van der Waals surface area (Å²) in [6.07, 6.45) is -4.82. The van der Waals surface area contributed by atoms with Gasteiger partial charge in [-0.3, -0.25) is 19.5 Å². The van der Waals surface area contributed by atoms with Gasteiger partial charge in [0.05, 0.1) is 41.1 Å². The maximum atomic E-state index is 15.3. The number of hydrogen-bond acceptors (Lipinski definition) is 10. The van der Waals surface area contributed by atoms with Crippen molar-refractivity contribution in [3.63, 3.8) is 0 Å². The van der Waals surface area contributed by atoms with Crippen LogP contribution in [0.2, 0.25) is 0 Å². The SMILES string of the molecule is COc1cc(S(N)(=O)=O)ccc1NCC#Cc1cc2c(/N=C\C3CCN(C[C@H](COC(C)=O)OC(C)=O)C[C@@H]3F)cccc2n1CC(F)(F)F. The zero-order valence-corrected chi connectivity index (χ0v) is 28.3. The van der Waals surface area contributed by atoms with Crippen molar-refractivity contribution in [2.75, 3.05) is 45.2 Å². The van der Waals surface area contributed by atoms with Gasteiger partial charge < -0.3 is 24.1 Å². The number of anilines is 1. The second-order valence-electron chi connectivity index (χ2n) is 11.5. The van der Waals surface area contributed by atoms with Crippen LogP contribution in [0, 0.1) is 17.8 Å². The number of alkyl halides is 4. The smallest absolute Gasteiger partial charge is 0.406 e. The van der Waals surface area contributed by atoms with Gasteiger partial charge in [-0.1, -0.05) is 12.0 Å². The molecule has 1 fully saturated rings. The summed E-state index contributed by atoms with van der Waals surface area (Å²) in [4.78, 5) is 28.8. The van der Waals surface area contributed by atoms with Crippen molar-refractivity contribution in [3.8, 4) is 17.6 Å². The van der Waals surface area contributed by atoms with Gasteiger partial charge in [0, 0.05) is 50.5 Å². The highest BCUT2D eigenvalue weighted by atomic mass is 32.2. The highest BCUT2D eigenvalue weighted by molar-refractivity contribution is 7.89. The molecule has 0 aliphatic carbocycles. The third-order valence-electron chi connectivity index (χ3n) is 7.69. The Hall–Kier alpha value is -4.66. The maximum Gasteiger partial charge on any atom is 0.406 e. The number of ether oxygens (including phenoxy) is 3. The number of carbonyl (C=O) groups is 2. The molecule has 1 aliphatic heterocycles. The topological polar surface area (TPSA) is 155 Å². The number of nitrogens with two attached hydrogens (primary N) is 1. The van der Waals surface area contributed by atoms with Gasteiger partial charge in [0.25, 0.3) is 0 Å². The number of esters is 2. The first-order valence-electron chi connectivity index (χ1n) is 15.4. The van der Waals surface area contributed by atoms with E-state index in [1.54, 1.807) is 17.0 Å². The molecule has 17 heteroatoms. The average Bonchev–Trinajstić information content (AvgIpc) is 3.36. The van der Waals surface area contributed by atoms with Crippen molar-refractivity contribution >= 4 is 50.5 Å². The van der Waals surface area contributed by atoms with Gasteiger partial charge >= 0.3 is 18.1 Å². The van der Waals surface area contributed by atoms with E-state index in [-0.39, 0.29) is 48.1 Å². The number of primary sulfonamides is 1. The lowest BCUT2D eigenvalue weighted by molar-refractivity contribution is -0.157. The van der Waals surface area contributed by atoms with E-state index in [1.807, 2.05) is 0 Å². The summed E-state index contributed by atoms with van der Waals surface area (Å²) in [5, 5.41) is 8.51. The second-order valence-corrected chi connectivity index (χ2v) is 13.1. The Labute approximate surface area is 286 Å². The molecule has 270 valence electrons. The van der Waals surface area contributed by atoms with Crippen molar-refractivity contribution < 1.29 is 49.8 Å². The van der Waals surface area contributed by atoms with Crippen LogP contribution in [0.25, 0.3) is 10.9 Å². The highest BCUT2D eigenvalue weighted by Crippen LogP contribution is 2.32. The molecule has 2 heterocycles. The summed E-state index contributed by atoms with van der Waals surface area (Å²) >= 11 is 0.